The fourth-order valence-electron chi connectivity index (χ4n) is 3.54. The van der Waals surface area contributed by atoms with Gasteiger partial charge >= 0.3 is 5.63 Å². The van der Waals surface area contributed by atoms with E-state index < -0.39 is 5.63 Å². The Morgan fingerprint density at radius 1 is 0.758 bits per heavy atom. The molecule has 5 aromatic rings. The van der Waals surface area contributed by atoms with E-state index in [1.165, 1.54) is 6.08 Å². The number of furan rings is 1. The van der Waals surface area contributed by atoms with Crippen LogP contribution < -0.4 is 10.9 Å². The van der Waals surface area contributed by atoms with Crippen molar-refractivity contribution in [1.82, 2.24) is 0 Å². The van der Waals surface area contributed by atoms with Gasteiger partial charge < -0.3 is 14.2 Å². The van der Waals surface area contributed by atoms with Crippen LogP contribution in [0.1, 0.15) is 5.76 Å². The van der Waals surface area contributed by atoms with E-state index in [0.29, 0.717) is 28.2 Å². The minimum Gasteiger partial charge on any atom is -0.457 e. The average Bonchev–Trinajstić information content (AvgIpc) is 3.33. The fourth-order valence-corrected chi connectivity index (χ4v) is 3.54. The highest BCUT2D eigenvalue weighted by Crippen LogP contribution is 2.24. The van der Waals surface area contributed by atoms with Gasteiger partial charge in [0.05, 0.1) is 5.56 Å². The summed E-state index contributed by atoms with van der Waals surface area (Å²) in [6.07, 6.45) is 3.04. The van der Waals surface area contributed by atoms with E-state index in [-0.39, 0.29) is 5.91 Å². The molecule has 0 spiro atoms. The summed E-state index contributed by atoms with van der Waals surface area (Å²) < 4.78 is 11.2. The number of amides is 1. The summed E-state index contributed by atoms with van der Waals surface area (Å²) in [6, 6.07) is 29.7. The van der Waals surface area contributed by atoms with Crippen LogP contribution in [0, 0.1) is 0 Å². The zero-order valence-electron chi connectivity index (χ0n) is 17.5. The fraction of sp³-hybridized carbons (Fsp3) is 0. The minimum atomic E-state index is -0.401. The lowest BCUT2D eigenvalue weighted by molar-refractivity contribution is -0.111. The molecule has 5 heteroatoms. The summed E-state index contributed by atoms with van der Waals surface area (Å²) in [5.41, 5.74) is 2.92. The molecule has 0 saturated heterocycles. The van der Waals surface area contributed by atoms with Crippen LogP contribution in [0.3, 0.4) is 0 Å². The quantitative estimate of drug-likeness (QED) is 0.258. The Bertz CT molecular complexity index is 1510. The monoisotopic (exact) mass is 433 g/mol. The van der Waals surface area contributed by atoms with Crippen LogP contribution in [-0.2, 0) is 4.79 Å². The summed E-state index contributed by atoms with van der Waals surface area (Å²) in [7, 11) is 0. The van der Waals surface area contributed by atoms with Gasteiger partial charge in [0.15, 0.2) is 0 Å². The number of benzene rings is 3. The first-order valence-corrected chi connectivity index (χ1v) is 10.4. The summed E-state index contributed by atoms with van der Waals surface area (Å²) in [4.78, 5) is 24.7. The first-order valence-electron chi connectivity index (χ1n) is 10.4. The lowest BCUT2D eigenvalue weighted by atomic mass is 10.1. The molecule has 1 amide bonds. The second-order valence-corrected chi connectivity index (χ2v) is 7.45. The van der Waals surface area contributed by atoms with Crippen molar-refractivity contribution >= 4 is 28.6 Å². The van der Waals surface area contributed by atoms with E-state index in [0.717, 1.165) is 16.7 Å². The smallest absolute Gasteiger partial charge is 0.344 e. The molecule has 3 aromatic carbocycles. The van der Waals surface area contributed by atoms with Crippen molar-refractivity contribution in [2.45, 2.75) is 0 Å². The number of nitrogens with one attached hydrogen (secondary N) is 1. The van der Waals surface area contributed by atoms with E-state index in [9.17, 15) is 9.59 Å². The van der Waals surface area contributed by atoms with E-state index >= 15 is 0 Å². The molecule has 0 aliphatic carbocycles. The molecule has 5 rings (SSSR count). The molecule has 0 unspecified atom stereocenters. The van der Waals surface area contributed by atoms with Gasteiger partial charge in [0.1, 0.15) is 17.1 Å². The number of para-hydroxylation sites is 1. The van der Waals surface area contributed by atoms with E-state index in [2.05, 4.69) is 5.32 Å². The van der Waals surface area contributed by atoms with Crippen LogP contribution in [0.5, 0.6) is 0 Å². The normalized spacial score (nSPS) is 11.2. The number of carbonyl (C=O) groups is 1. The van der Waals surface area contributed by atoms with Gasteiger partial charge in [-0.1, -0.05) is 60.7 Å². The van der Waals surface area contributed by atoms with Crippen molar-refractivity contribution < 1.29 is 13.6 Å². The van der Waals surface area contributed by atoms with Gasteiger partial charge in [0.2, 0.25) is 5.91 Å². The molecule has 2 heterocycles. The topological polar surface area (TPSA) is 72.5 Å². The third kappa shape index (κ3) is 4.52. The Kier molecular flexibility index (Phi) is 5.43. The molecular weight excluding hydrogens is 414 g/mol. The first kappa shape index (κ1) is 20.3. The van der Waals surface area contributed by atoms with Crippen LogP contribution >= 0.6 is 0 Å². The third-order valence-electron chi connectivity index (χ3n) is 5.19. The lowest BCUT2D eigenvalue weighted by Crippen LogP contribution is -2.07. The van der Waals surface area contributed by atoms with Gasteiger partial charge in [0, 0.05) is 22.7 Å². The van der Waals surface area contributed by atoms with Crippen LogP contribution in [0.15, 0.2) is 117 Å². The zero-order valence-corrected chi connectivity index (χ0v) is 17.5. The zero-order chi connectivity index (χ0) is 22.6. The standard InChI is InChI=1S/C28H19NO4/c30-27(17-15-23-14-16-26(32-23)20-6-2-1-3-7-20)29-22-12-10-19(11-13-22)24-18-21-8-4-5-9-25(21)33-28(24)31/h1-18H,(H,29,30)/b17-15+. The molecular formula is C28H19NO4. The Hall–Kier alpha value is -4.64. The molecule has 0 radical (unpaired) electrons. The average molecular weight is 433 g/mol. The van der Waals surface area contributed by atoms with Crippen LogP contribution in [0.2, 0.25) is 0 Å². The van der Waals surface area contributed by atoms with Crippen molar-refractivity contribution in [3.8, 4) is 22.5 Å². The molecule has 0 atom stereocenters. The number of carbonyl (C=O) groups excluding carboxylic acids is 1. The predicted molar refractivity (Wildman–Crippen MR) is 130 cm³/mol. The van der Waals surface area contributed by atoms with Crippen molar-refractivity contribution in [3.63, 3.8) is 0 Å². The summed E-state index contributed by atoms with van der Waals surface area (Å²) >= 11 is 0. The van der Waals surface area contributed by atoms with Crippen molar-refractivity contribution in [2.75, 3.05) is 5.32 Å². The van der Waals surface area contributed by atoms with Gasteiger partial charge in [-0.15, -0.1) is 0 Å². The minimum absolute atomic E-state index is 0.286. The molecule has 0 aliphatic rings. The highest BCUT2D eigenvalue weighted by Gasteiger charge is 2.08. The molecule has 0 bridgehead atoms. The first-order chi connectivity index (χ1) is 16.2. The van der Waals surface area contributed by atoms with Gasteiger partial charge in [-0.3, -0.25) is 4.79 Å². The summed E-state index contributed by atoms with van der Waals surface area (Å²) in [5.74, 6) is 1.04. The second-order valence-electron chi connectivity index (χ2n) is 7.45. The van der Waals surface area contributed by atoms with E-state index in [4.69, 9.17) is 8.83 Å². The Labute approximate surface area is 189 Å². The molecule has 2 aromatic heterocycles. The Morgan fingerprint density at radius 3 is 2.33 bits per heavy atom. The number of rotatable bonds is 5. The molecule has 0 saturated carbocycles. The van der Waals surface area contributed by atoms with Gasteiger partial charge in [-0.05, 0) is 48.0 Å². The highest BCUT2D eigenvalue weighted by atomic mass is 16.4. The number of fused-ring (bicyclic) bond motifs is 1. The third-order valence-corrected chi connectivity index (χ3v) is 5.19. The molecule has 33 heavy (non-hydrogen) atoms. The van der Waals surface area contributed by atoms with Crippen molar-refractivity contribution in [3.05, 3.63) is 119 Å². The maximum Gasteiger partial charge on any atom is 0.344 e. The molecule has 0 fully saturated rings. The number of hydrogen-bond donors (Lipinski definition) is 1. The second kappa shape index (κ2) is 8.85. The predicted octanol–water partition coefficient (Wildman–Crippen LogP) is 6.37. The van der Waals surface area contributed by atoms with E-state index in [1.54, 1.807) is 36.4 Å². The maximum atomic E-state index is 12.4. The van der Waals surface area contributed by atoms with Crippen molar-refractivity contribution in [2.24, 2.45) is 0 Å². The maximum absolute atomic E-state index is 12.4. The summed E-state index contributed by atoms with van der Waals surface area (Å²) in [5, 5.41) is 3.65. The van der Waals surface area contributed by atoms with Crippen LogP contribution in [-0.4, -0.2) is 5.91 Å². The largest absolute Gasteiger partial charge is 0.457 e. The molecule has 1 N–H and O–H groups in total. The van der Waals surface area contributed by atoms with Crippen molar-refractivity contribution in [1.29, 1.82) is 0 Å². The highest BCUT2D eigenvalue weighted by molar-refractivity contribution is 6.01. The van der Waals surface area contributed by atoms with Gasteiger partial charge in [-0.25, -0.2) is 4.79 Å². The van der Waals surface area contributed by atoms with Crippen LogP contribution in [0.25, 0.3) is 39.5 Å². The molecule has 160 valence electrons. The molecule has 0 aliphatic heterocycles. The number of hydrogen-bond acceptors (Lipinski definition) is 4. The number of anilines is 1. The Morgan fingerprint density at radius 2 is 1.52 bits per heavy atom. The van der Waals surface area contributed by atoms with Gasteiger partial charge in [-0.2, -0.15) is 0 Å². The summed E-state index contributed by atoms with van der Waals surface area (Å²) in [6.45, 7) is 0. The molecule has 5 nitrogen and oxygen atoms in total. The van der Waals surface area contributed by atoms with Crippen LogP contribution in [0.4, 0.5) is 5.69 Å². The van der Waals surface area contributed by atoms with E-state index in [1.807, 2.05) is 66.7 Å². The SMILES string of the molecule is O=C(/C=C/c1ccc(-c2ccccc2)o1)Nc1ccc(-c2cc3ccccc3oc2=O)cc1. The lowest BCUT2D eigenvalue weighted by Gasteiger charge is -2.05. The Balaban J connectivity index is 1.27. The van der Waals surface area contributed by atoms with Gasteiger partial charge in [0.25, 0.3) is 0 Å².